The molecule has 0 aromatic heterocycles. The van der Waals surface area contributed by atoms with E-state index in [0.29, 0.717) is 24.8 Å². The van der Waals surface area contributed by atoms with E-state index in [4.69, 9.17) is 0 Å². The number of carbonyl (C=O) groups excluding carboxylic acids is 1. The van der Waals surface area contributed by atoms with Gasteiger partial charge in [0.2, 0.25) is 15.9 Å². The maximum Gasteiger partial charge on any atom is 0.224 e. The molecular weight excluding hydrogens is 338 g/mol. The Balaban J connectivity index is 1.54. The van der Waals surface area contributed by atoms with Gasteiger partial charge in [-0.1, -0.05) is 13.0 Å². The van der Waals surface area contributed by atoms with Crippen molar-refractivity contribution in [1.82, 2.24) is 10.0 Å². The van der Waals surface area contributed by atoms with E-state index in [-0.39, 0.29) is 23.9 Å². The van der Waals surface area contributed by atoms with E-state index < -0.39 is 27.1 Å². The van der Waals surface area contributed by atoms with Crippen molar-refractivity contribution >= 4 is 15.9 Å². The summed E-state index contributed by atoms with van der Waals surface area (Å²) in [7, 11) is -3.23. The number of amides is 1. The van der Waals surface area contributed by atoms with Crippen LogP contribution in [-0.4, -0.2) is 32.7 Å². The van der Waals surface area contributed by atoms with Crippen molar-refractivity contribution in [3.8, 4) is 0 Å². The summed E-state index contributed by atoms with van der Waals surface area (Å²) in [6.45, 7) is 1.86. The molecule has 132 valence electrons. The Morgan fingerprint density at radius 2 is 1.88 bits per heavy atom. The molecule has 2 unspecified atom stereocenters. The van der Waals surface area contributed by atoms with Crippen molar-refractivity contribution in [1.29, 1.82) is 0 Å². The Hall–Kier alpha value is -1.54. The number of halogens is 2. The van der Waals surface area contributed by atoms with E-state index in [2.05, 4.69) is 10.0 Å². The van der Waals surface area contributed by atoms with Crippen LogP contribution in [0.2, 0.25) is 0 Å². The lowest BCUT2D eigenvalue weighted by atomic mass is 9.87. The quantitative estimate of drug-likeness (QED) is 0.836. The fourth-order valence-corrected chi connectivity index (χ4v) is 4.15. The van der Waals surface area contributed by atoms with E-state index >= 15 is 0 Å². The highest BCUT2D eigenvalue weighted by Gasteiger charge is 2.56. The topological polar surface area (TPSA) is 75.3 Å². The predicted octanol–water partition coefficient (Wildman–Crippen LogP) is 1.44. The lowest BCUT2D eigenvalue weighted by Gasteiger charge is -2.35. The summed E-state index contributed by atoms with van der Waals surface area (Å²) in [5, 5.41) is 2.90. The van der Waals surface area contributed by atoms with Crippen LogP contribution in [0.25, 0.3) is 0 Å². The average molecular weight is 358 g/mol. The number of benzene rings is 1. The number of hydrogen-bond acceptors (Lipinski definition) is 3. The number of nitrogens with one attached hydrogen (secondary N) is 2. The van der Waals surface area contributed by atoms with Crippen molar-refractivity contribution in [2.24, 2.45) is 5.92 Å². The van der Waals surface area contributed by atoms with Crippen LogP contribution >= 0.6 is 0 Å². The van der Waals surface area contributed by atoms with Gasteiger partial charge in [-0.3, -0.25) is 4.79 Å². The molecule has 0 aliphatic heterocycles. The molecule has 3 rings (SSSR count). The van der Waals surface area contributed by atoms with Gasteiger partial charge in [-0.2, -0.15) is 0 Å². The Bertz CT molecular complexity index is 778. The van der Waals surface area contributed by atoms with Gasteiger partial charge >= 0.3 is 0 Å². The van der Waals surface area contributed by atoms with Gasteiger partial charge in [0.1, 0.15) is 0 Å². The summed E-state index contributed by atoms with van der Waals surface area (Å²) >= 11 is 0. The Morgan fingerprint density at radius 1 is 1.21 bits per heavy atom. The molecule has 0 radical (unpaired) electrons. The van der Waals surface area contributed by atoms with Crippen LogP contribution in [0.4, 0.5) is 8.78 Å². The first-order valence-corrected chi connectivity index (χ1v) is 9.71. The maximum absolute atomic E-state index is 13.4. The van der Waals surface area contributed by atoms with E-state index in [9.17, 15) is 22.0 Å². The first kappa shape index (κ1) is 17.3. The largest absolute Gasteiger partial charge is 0.353 e. The van der Waals surface area contributed by atoms with Gasteiger partial charge in [0.25, 0.3) is 0 Å². The molecule has 0 spiro atoms. The molecule has 2 fully saturated rings. The lowest BCUT2D eigenvalue weighted by Crippen LogP contribution is -2.54. The molecule has 1 aromatic rings. The number of sulfonamides is 1. The van der Waals surface area contributed by atoms with Crippen LogP contribution in [0.15, 0.2) is 18.2 Å². The zero-order valence-corrected chi connectivity index (χ0v) is 14.3. The third kappa shape index (κ3) is 3.44. The highest BCUT2D eigenvalue weighted by molar-refractivity contribution is 7.88. The third-order valence-electron chi connectivity index (χ3n) is 5.00. The SMILES string of the molecule is CC1(c2ccc(F)c(F)c2)CC1C(=O)NC1CC(NS(C)(=O)=O)C1. The second-order valence-electron chi connectivity index (χ2n) is 7.07. The summed E-state index contributed by atoms with van der Waals surface area (Å²) in [5.41, 5.74) is 0.138. The molecule has 2 atom stereocenters. The van der Waals surface area contributed by atoms with Gasteiger partial charge < -0.3 is 5.32 Å². The number of carbonyl (C=O) groups is 1. The molecular formula is C16H20F2N2O3S. The zero-order valence-electron chi connectivity index (χ0n) is 13.5. The van der Waals surface area contributed by atoms with Gasteiger partial charge in [0.15, 0.2) is 11.6 Å². The molecule has 2 N–H and O–H groups in total. The van der Waals surface area contributed by atoms with Crippen LogP contribution < -0.4 is 10.0 Å². The lowest BCUT2D eigenvalue weighted by molar-refractivity contribution is -0.124. The molecule has 1 aromatic carbocycles. The normalized spacial score (nSPS) is 32.1. The molecule has 2 saturated carbocycles. The third-order valence-corrected chi connectivity index (χ3v) is 5.76. The van der Waals surface area contributed by atoms with Crippen molar-refractivity contribution in [3.05, 3.63) is 35.4 Å². The summed E-state index contributed by atoms with van der Waals surface area (Å²) in [5.74, 6) is -2.20. The zero-order chi connectivity index (χ0) is 17.7. The van der Waals surface area contributed by atoms with E-state index in [1.54, 1.807) is 0 Å². The number of rotatable bonds is 5. The van der Waals surface area contributed by atoms with Gasteiger partial charge in [0.05, 0.1) is 6.26 Å². The molecule has 0 saturated heterocycles. The molecule has 2 aliphatic carbocycles. The maximum atomic E-state index is 13.4. The fourth-order valence-electron chi connectivity index (χ4n) is 3.35. The van der Waals surface area contributed by atoms with Gasteiger partial charge in [0, 0.05) is 23.4 Å². The molecule has 0 heterocycles. The van der Waals surface area contributed by atoms with E-state index in [1.807, 2.05) is 6.92 Å². The standard InChI is InChI=1S/C16H20F2N2O3S/c1-16(9-3-4-13(17)14(18)5-9)8-12(16)15(21)19-10-6-11(7-10)20-24(2,22)23/h3-5,10-12,20H,6-8H2,1-2H3,(H,19,21). The highest BCUT2D eigenvalue weighted by atomic mass is 32.2. The van der Waals surface area contributed by atoms with Crippen molar-refractivity contribution < 1.29 is 22.0 Å². The smallest absolute Gasteiger partial charge is 0.224 e. The van der Waals surface area contributed by atoms with Crippen LogP contribution in [0.5, 0.6) is 0 Å². The second kappa shape index (κ2) is 5.77. The minimum atomic E-state index is -3.23. The minimum Gasteiger partial charge on any atom is -0.353 e. The van der Waals surface area contributed by atoms with Gasteiger partial charge in [-0.15, -0.1) is 0 Å². The summed E-state index contributed by atoms with van der Waals surface area (Å²) in [6, 6.07) is 3.56. The highest BCUT2D eigenvalue weighted by Crippen LogP contribution is 2.54. The molecule has 1 amide bonds. The Morgan fingerprint density at radius 3 is 2.46 bits per heavy atom. The first-order chi connectivity index (χ1) is 11.1. The average Bonchev–Trinajstić information content (AvgIpc) is 3.11. The van der Waals surface area contributed by atoms with E-state index in [0.717, 1.165) is 18.4 Å². The van der Waals surface area contributed by atoms with Gasteiger partial charge in [-0.25, -0.2) is 21.9 Å². The minimum absolute atomic E-state index is 0.0495. The predicted molar refractivity (Wildman–Crippen MR) is 84.7 cm³/mol. The van der Waals surface area contributed by atoms with Crippen molar-refractivity contribution in [2.75, 3.05) is 6.26 Å². The van der Waals surface area contributed by atoms with Gasteiger partial charge in [-0.05, 0) is 37.0 Å². The van der Waals surface area contributed by atoms with Crippen molar-refractivity contribution in [2.45, 2.75) is 43.7 Å². The fraction of sp³-hybridized carbons (Fsp3) is 0.562. The second-order valence-corrected chi connectivity index (χ2v) is 8.85. The van der Waals surface area contributed by atoms with Crippen LogP contribution in [0.1, 0.15) is 31.7 Å². The first-order valence-electron chi connectivity index (χ1n) is 7.82. The van der Waals surface area contributed by atoms with Crippen LogP contribution in [-0.2, 0) is 20.2 Å². The molecule has 24 heavy (non-hydrogen) atoms. The van der Waals surface area contributed by atoms with Crippen LogP contribution in [0.3, 0.4) is 0 Å². The van der Waals surface area contributed by atoms with E-state index in [1.165, 1.54) is 6.07 Å². The molecule has 2 aliphatic rings. The van der Waals surface area contributed by atoms with Crippen LogP contribution in [0, 0.1) is 17.6 Å². The Kier molecular flexibility index (Phi) is 4.16. The molecule has 5 nitrogen and oxygen atoms in total. The summed E-state index contributed by atoms with van der Waals surface area (Å²) in [4.78, 5) is 12.3. The summed E-state index contributed by atoms with van der Waals surface area (Å²) < 4.78 is 51.2. The van der Waals surface area contributed by atoms with Crippen molar-refractivity contribution in [3.63, 3.8) is 0 Å². The monoisotopic (exact) mass is 358 g/mol. The molecule has 8 heteroatoms. The number of hydrogen-bond donors (Lipinski definition) is 2. The summed E-state index contributed by atoms with van der Waals surface area (Å²) in [6.07, 6.45) is 2.82. The Labute approximate surface area is 139 Å². The molecule has 0 bridgehead atoms.